The molecule has 29 heteroatoms. The zero-order chi connectivity index (χ0) is 90.8. The average Bonchev–Trinajstić information content (AvgIpc) is 1.56. The second-order valence-electron chi connectivity index (χ2n) is 40.5. The number of ether oxygens (including phenoxy) is 9. The number of rotatable bonds is 43. The zero-order valence-electron chi connectivity index (χ0n) is 80.0. The fourth-order valence-corrected chi connectivity index (χ4v) is 33.2. The number of amides is 2. The van der Waals surface area contributed by atoms with Crippen molar-refractivity contribution in [2.24, 2.45) is 0 Å². The number of unbranched alkanes of at least 4 members (excludes halogenated alkanes) is 3. The van der Waals surface area contributed by atoms with E-state index in [4.69, 9.17) is 72.8 Å². The third kappa shape index (κ3) is 32.2. The van der Waals surface area contributed by atoms with Crippen molar-refractivity contribution in [3.8, 4) is 22.3 Å². The van der Waals surface area contributed by atoms with Gasteiger partial charge in [-0.2, -0.15) is 19.2 Å². The first-order valence-electron chi connectivity index (χ1n) is 45.7. The van der Waals surface area contributed by atoms with Gasteiger partial charge < -0.3 is 47.7 Å². The standard InChI is InChI=1S/C41H62N6O5Si2.C38H57BrN6O5Si2.C4H7O.3C4H9.Sn/c1-30(2)37-36(27-46(33-16-18-49-19-17-33)40(48)52-41(3,4)5)44-38-34(32-24-31-14-12-13-15-35(31)42-25-32)26-43-47(38)39(37)45(28-50-20-22-53(6,7)8)29-51-21-23-54(9,10)11;1-38(2,3)50-37(46)44(30-14-16-47-17-15-30)25-33-34(39)36(43(26-48-18-20-51(4,5)6)27-49-19-21-52(7,8)9)45-35(42-33)31(24-41-45)29-22-28-12-10-11-13-32(28)40-23-29;1-3-5-4-2;3*1-3-4-2;/h12-15,24-26,33H,1,16-23,27-29H2,2-11H3;10-13,22-24,30H,14-21,25-27H2,1-9H3;1,4H2,2H3;3*1,3-4H2,2H3;. The van der Waals surface area contributed by atoms with E-state index in [0.717, 1.165) is 102 Å². The minimum absolute atomic E-state index is 0.0584. The van der Waals surface area contributed by atoms with Gasteiger partial charge in [-0.05, 0) is 144 Å². The molecule has 8 aromatic rings. The molecule has 0 bridgehead atoms. The second kappa shape index (κ2) is 47.9. The summed E-state index contributed by atoms with van der Waals surface area (Å²) in [6.45, 7) is 66.8. The topological polar surface area (TPSA) is 216 Å². The van der Waals surface area contributed by atoms with Gasteiger partial charge in [-0.25, -0.2) is 19.6 Å². The Bertz CT molecular complexity index is 4650. The van der Waals surface area contributed by atoms with E-state index in [1.165, 1.54) is 55.6 Å². The van der Waals surface area contributed by atoms with Crippen molar-refractivity contribution in [1.82, 2.24) is 49.0 Å². The van der Waals surface area contributed by atoms with Gasteiger partial charge in [0.05, 0.1) is 52.4 Å². The van der Waals surface area contributed by atoms with Crippen molar-refractivity contribution in [3.63, 3.8) is 0 Å². The van der Waals surface area contributed by atoms with Crippen LogP contribution in [-0.2, 0) is 55.7 Å². The van der Waals surface area contributed by atoms with Crippen LogP contribution in [0.2, 0.25) is 116 Å². The number of benzene rings is 2. The van der Waals surface area contributed by atoms with E-state index in [2.05, 4.69) is 169 Å². The van der Waals surface area contributed by atoms with Crippen molar-refractivity contribution in [3.05, 3.63) is 124 Å². The van der Waals surface area contributed by atoms with Crippen LogP contribution in [0.1, 0.15) is 157 Å². The molecular formula is C95H153BrN12O11Si4Sn. The number of fused-ring (bicyclic) bond motifs is 4. The molecule has 124 heavy (non-hydrogen) atoms. The van der Waals surface area contributed by atoms with Gasteiger partial charge in [0.25, 0.3) is 0 Å². The van der Waals surface area contributed by atoms with Crippen LogP contribution in [0.15, 0.2) is 107 Å². The van der Waals surface area contributed by atoms with Crippen LogP contribution >= 0.6 is 15.9 Å². The minimum Gasteiger partial charge on any atom is -0.444 e. The number of pyridine rings is 2. The van der Waals surface area contributed by atoms with Crippen LogP contribution < -0.4 is 9.80 Å². The maximum absolute atomic E-state index is 14.0. The van der Waals surface area contributed by atoms with E-state index in [0.29, 0.717) is 128 Å². The predicted octanol–water partition coefficient (Wildman–Crippen LogP) is 24.3. The van der Waals surface area contributed by atoms with Gasteiger partial charge in [0, 0.05) is 148 Å². The Kier molecular flexibility index (Phi) is 39.9. The Morgan fingerprint density at radius 3 is 1.23 bits per heavy atom. The molecule has 10 rings (SSSR count). The Morgan fingerprint density at radius 1 is 0.524 bits per heavy atom. The van der Waals surface area contributed by atoms with Crippen molar-refractivity contribution < 1.29 is 52.2 Å². The number of carbonyl (C=O) groups excluding carboxylic acids is 2. The van der Waals surface area contributed by atoms with Crippen molar-refractivity contribution in [1.29, 1.82) is 0 Å². The molecule has 0 atom stereocenters. The number of para-hydroxylation sites is 2. The largest absolute Gasteiger partial charge is 0.444 e. The average molecular weight is 1950 g/mol. The molecule has 0 radical (unpaired) electrons. The van der Waals surface area contributed by atoms with Crippen LogP contribution in [-0.4, -0.2) is 221 Å². The first-order chi connectivity index (χ1) is 58.6. The van der Waals surface area contributed by atoms with Gasteiger partial charge in [0.2, 0.25) is 0 Å². The molecule has 2 aromatic carbocycles. The SMILES string of the molecule is C=C(C)c1c(CN(C(=O)OC(C)(C)C)C2CCOCC2)nc2c(-c3cnc4ccccc4c3)cnn2c1N(COCC[Si](C)(C)C)COCC[Si](C)(C)C.C=[C](OCC)[Sn]([CH2]CCC)([CH2]CCC)[CH2]CCC.CC(C)(C)OC(=O)N(Cc1nc2c(-c3cnc4ccccc4c3)cnn2c(N(COCC[Si](C)(C)C)COCC[Si](C)(C)C)c1Br)C1CCOCC1. The van der Waals surface area contributed by atoms with Gasteiger partial charge in [-0.15, -0.1) is 0 Å². The molecule has 2 aliphatic heterocycles. The number of halogens is 1. The first-order valence-corrected chi connectivity index (χ1v) is 68.8. The van der Waals surface area contributed by atoms with Gasteiger partial charge in [0.15, 0.2) is 17.1 Å². The molecule has 0 saturated carbocycles. The van der Waals surface area contributed by atoms with Gasteiger partial charge in [0.1, 0.15) is 43.9 Å². The van der Waals surface area contributed by atoms with Gasteiger partial charge in [-0.1, -0.05) is 122 Å². The normalized spacial score (nSPS) is 14.1. The van der Waals surface area contributed by atoms with E-state index < -0.39 is 61.9 Å². The van der Waals surface area contributed by atoms with Crippen molar-refractivity contribution >= 4 is 129 Å². The molecule has 0 spiro atoms. The van der Waals surface area contributed by atoms with E-state index in [1.807, 2.05) is 128 Å². The molecule has 0 N–H and O–H groups in total. The van der Waals surface area contributed by atoms with Crippen LogP contribution in [0.25, 0.3) is 60.9 Å². The molecule has 23 nitrogen and oxygen atoms in total. The zero-order valence-corrected chi connectivity index (χ0v) is 88.5. The summed E-state index contributed by atoms with van der Waals surface area (Å²) >= 11 is 1.72. The Labute approximate surface area is 759 Å². The predicted molar refractivity (Wildman–Crippen MR) is 528 cm³/mol. The number of nitrogens with zero attached hydrogens (tertiary/aromatic N) is 12. The fourth-order valence-electron chi connectivity index (χ4n) is 14.9. The fraction of sp³-hybridized carbons (Fsp3) is 0.621. The Morgan fingerprint density at radius 2 is 0.879 bits per heavy atom. The quantitative estimate of drug-likeness (QED) is 0.0150. The number of aromatic nitrogens is 8. The molecule has 0 unspecified atom stereocenters. The van der Waals surface area contributed by atoms with E-state index in [-0.39, 0.29) is 37.4 Å². The molecule has 2 saturated heterocycles. The monoisotopic (exact) mass is 1950 g/mol. The molecule has 2 amide bonds. The second-order valence-corrected chi connectivity index (χ2v) is 76.9. The summed E-state index contributed by atoms with van der Waals surface area (Å²) in [6.07, 6.45) is 17.6. The molecule has 686 valence electrons. The summed E-state index contributed by atoms with van der Waals surface area (Å²) in [5.74, 6) is 1.51. The molecule has 0 aliphatic carbocycles. The third-order valence-electron chi connectivity index (χ3n) is 22.2. The molecular weight excluding hydrogens is 1800 g/mol. The Hall–Kier alpha value is -6.17. The molecule has 6 aromatic heterocycles. The van der Waals surface area contributed by atoms with Crippen LogP contribution in [0, 0.1) is 0 Å². The number of hydrogen-bond donors (Lipinski definition) is 0. The van der Waals surface area contributed by atoms with Gasteiger partial charge >= 0.3 is 132 Å². The number of carbonyl (C=O) groups is 2. The maximum Gasteiger partial charge on any atom is 0.410 e. The van der Waals surface area contributed by atoms with E-state index in [9.17, 15) is 9.59 Å². The maximum atomic E-state index is 14.0. The van der Waals surface area contributed by atoms with E-state index >= 15 is 0 Å². The summed E-state index contributed by atoms with van der Waals surface area (Å²) in [7, 11) is -5.29. The van der Waals surface area contributed by atoms with Crippen molar-refractivity contribution in [2.45, 2.75) is 293 Å². The number of hydrogen-bond acceptors (Lipinski definition) is 19. The molecule has 2 aliphatic rings. The first kappa shape index (κ1) is 103. The number of allylic oxidation sites excluding steroid dienone is 1. The molecule has 2 fully saturated rings. The summed E-state index contributed by atoms with van der Waals surface area (Å²) in [5.41, 5.74) is 8.26. The van der Waals surface area contributed by atoms with Gasteiger partial charge in [-0.3, -0.25) is 19.8 Å². The molecule has 8 heterocycles. The smallest absolute Gasteiger partial charge is 0.410 e. The summed E-state index contributed by atoms with van der Waals surface area (Å²) in [5, 5.41) is 12.0. The Balaban J connectivity index is 0.000000257. The van der Waals surface area contributed by atoms with Crippen LogP contribution in [0.5, 0.6) is 0 Å². The summed E-state index contributed by atoms with van der Waals surface area (Å²) < 4.78 is 65.0. The van der Waals surface area contributed by atoms with Crippen LogP contribution in [0.4, 0.5) is 21.2 Å². The summed E-state index contributed by atoms with van der Waals surface area (Å²) in [4.78, 5) is 55.9. The minimum atomic E-state index is -2.24. The van der Waals surface area contributed by atoms with E-state index in [1.54, 1.807) is 0 Å². The van der Waals surface area contributed by atoms with Crippen molar-refractivity contribution in [2.75, 3.05) is 96.2 Å². The summed E-state index contributed by atoms with van der Waals surface area (Å²) in [6, 6.07) is 24.4. The number of anilines is 2. The van der Waals surface area contributed by atoms with Crippen LogP contribution in [0.3, 0.4) is 0 Å². The third-order valence-corrected chi connectivity index (χ3v) is 44.9.